The van der Waals surface area contributed by atoms with Gasteiger partial charge in [0.05, 0.1) is 17.8 Å². The van der Waals surface area contributed by atoms with E-state index in [9.17, 15) is 0 Å². The van der Waals surface area contributed by atoms with E-state index in [0.29, 0.717) is 0 Å². The molecule has 0 spiro atoms. The predicted octanol–water partition coefficient (Wildman–Crippen LogP) is 1.82. The Balaban J connectivity index is 1.55. The fourth-order valence-electron chi connectivity index (χ4n) is 3.27. The van der Waals surface area contributed by atoms with E-state index >= 15 is 0 Å². The first kappa shape index (κ1) is 18.7. The summed E-state index contributed by atoms with van der Waals surface area (Å²) in [5.74, 6) is 0.890. The van der Waals surface area contributed by atoms with Gasteiger partial charge in [0.15, 0.2) is 0 Å². The summed E-state index contributed by atoms with van der Waals surface area (Å²) in [4.78, 5) is 2.28. The molecule has 3 rings (SSSR count). The van der Waals surface area contributed by atoms with Crippen LogP contribution in [0, 0.1) is 0 Å². The van der Waals surface area contributed by atoms with Crippen LogP contribution in [-0.2, 0) is 9.31 Å². The monoisotopic (exact) mass is 347 g/mol. The number of hydrogen-bond donors (Lipinski definition) is 1. The number of β-amino-alcohol motifs (C(OH)–C–C–N with tert-alkyl or cyclic N) is 1. The highest BCUT2D eigenvalue weighted by Gasteiger charge is 2.51. The molecule has 2 aliphatic rings. The fraction of sp³-hybridized carbons (Fsp3) is 0.684. The smallest absolute Gasteiger partial charge is 0.490 e. The Bertz CT molecular complexity index is 551. The average Bonchev–Trinajstić information content (AvgIpc) is 2.78. The van der Waals surface area contributed by atoms with Crippen molar-refractivity contribution in [1.29, 1.82) is 0 Å². The minimum atomic E-state index is -0.333. The van der Waals surface area contributed by atoms with Crippen molar-refractivity contribution in [2.75, 3.05) is 26.2 Å². The summed E-state index contributed by atoms with van der Waals surface area (Å²) in [6.07, 6.45) is 2.25. The Morgan fingerprint density at radius 1 is 1.08 bits per heavy atom. The highest BCUT2D eigenvalue weighted by Crippen LogP contribution is 2.36. The zero-order valence-electron chi connectivity index (χ0n) is 15.8. The number of aliphatic hydroxyl groups excluding tert-OH is 1. The molecule has 1 aromatic carbocycles. The number of nitrogens with zero attached hydrogens (tertiary/aromatic N) is 1. The topological polar surface area (TPSA) is 51.2 Å². The van der Waals surface area contributed by atoms with Crippen LogP contribution < -0.4 is 10.2 Å². The lowest BCUT2D eigenvalue weighted by atomic mass is 9.79. The van der Waals surface area contributed by atoms with Crippen molar-refractivity contribution in [2.24, 2.45) is 0 Å². The van der Waals surface area contributed by atoms with Gasteiger partial charge in [-0.15, -0.1) is 0 Å². The first-order valence-electron chi connectivity index (χ1n) is 9.26. The summed E-state index contributed by atoms with van der Waals surface area (Å²) in [5, 5.41) is 9.01. The van der Waals surface area contributed by atoms with E-state index < -0.39 is 0 Å². The van der Waals surface area contributed by atoms with Crippen LogP contribution >= 0.6 is 0 Å². The van der Waals surface area contributed by atoms with E-state index in [0.717, 1.165) is 43.7 Å². The Labute approximate surface area is 151 Å². The average molecular weight is 347 g/mol. The van der Waals surface area contributed by atoms with Gasteiger partial charge in [-0.2, -0.15) is 0 Å². The molecule has 5 nitrogen and oxygen atoms in total. The molecule has 0 atom stereocenters. The number of piperidine rings is 1. The summed E-state index contributed by atoms with van der Waals surface area (Å²) in [7, 11) is -0.333. The van der Waals surface area contributed by atoms with Crippen LogP contribution in [0.15, 0.2) is 24.3 Å². The molecule has 2 fully saturated rings. The summed E-state index contributed by atoms with van der Waals surface area (Å²) >= 11 is 0. The van der Waals surface area contributed by atoms with E-state index in [2.05, 4.69) is 32.6 Å². The lowest BCUT2D eigenvalue weighted by Crippen LogP contribution is -2.41. The van der Waals surface area contributed by atoms with E-state index in [4.69, 9.17) is 19.2 Å². The van der Waals surface area contributed by atoms with Gasteiger partial charge in [-0.05, 0) is 58.1 Å². The highest BCUT2D eigenvalue weighted by atomic mass is 16.7. The minimum Gasteiger partial charge on any atom is -0.490 e. The van der Waals surface area contributed by atoms with Crippen molar-refractivity contribution in [3.63, 3.8) is 0 Å². The van der Waals surface area contributed by atoms with Gasteiger partial charge in [0.1, 0.15) is 11.9 Å². The van der Waals surface area contributed by atoms with E-state index in [-0.39, 0.29) is 31.0 Å². The summed E-state index contributed by atoms with van der Waals surface area (Å²) in [6, 6.07) is 8.05. The molecule has 1 N–H and O–H groups in total. The molecule has 0 aromatic heterocycles. The molecule has 0 radical (unpaired) electrons. The number of rotatable bonds is 5. The normalized spacial score (nSPS) is 23.8. The maximum Gasteiger partial charge on any atom is 0.494 e. The second-order valence-electron chi connectivity index (χ2n) is 8.04. The van der Waals surface area contributed by atoms with Gasteiger partial charge in [0, 0.05) is 19.6 Å². The Kier molecular flexibility index (Phi) is 5.44. The van der Waals surface area contributed by atoms with Crippen LogP contribution in [0.4, 0.5) is 0 Å². The Morgan fingerprint density at radius 3 is 2.16 bits per heavy atom. The molecule has 25 heavy (non-hydrogen) atoms. The van der Waals surface area contributed by atoms with Crippen molar-refractivity contribution >= 4 is 12.6 Å². The van der Waals surface area contributed by atoms with Crippen LogP contribution in [0.3, 0.4) is 0 Å². The number of hydrogen-bond acceptors (Lipinski definition) is 5. The first-order valence-corrected chi connectivity index (χ1v) is 9.26. The predicted molar refractivity (Wildman–Crippen MR) is 99.3 cm³/mol. The SMILES string of the molecule is CC1(C)OB(c2ccc(OC3CCN(CCO)CC3)cc2)OC1(C)C. The first-order chi connectivity index (χ1) is 11.8. The fourth-order valence-corrected chi connectivity index (χ4v) is 3.27. The number of benzene rings is 1. The molecular formula is C19H30BNO4. The third-order valence-corrected chi connectivity index (χ3v) is 5.66. The molecule has 0 bridgehead atoms. The van der Waals surface area contributed by atoms with E-state index in [1.165, 1.54) is 0 Å². The van der Waals surface area contributed by atoms with Crippen LogP contribution in [0.1, 0.15) is 40.5 Å². The third-order valence-electron chi connectivity index (χ3n) is 5.66. The van der Waals surface area contributed by atoms with Crippen molar-refractivity contribution in [3.05, 3.63) is 24.3 Å². The van der Waals surface area contributed by atoms with Crippen molar-refractivity contribution in [2.45, 2.75) is 57.8 Å². The zero-order valence-corrected chi connectivity index (χ0v) is 15.8. The van der Waals surface area contributed by atoms with Crippen LogP contribution in [0.5, 0.6) is 5.75 Å². The molecule has 1 aromatic rings. The Hall–Kier alpha value is -1.08. The van der Waals surface area contributed by atoms with Crippen LogP contribution in [-0.4, -0.2) is 60.7 Å². The summed E-state index contributed by atoms with van der Waals surface area (Å²) in [5.41, 5.74) is 0.369. The molecule has 0 aliphatic carbocycles. The van der Waals surface area contributed by atoms with Gasteiger partial charge in [0.2, 0.25) is 0 Å². The van der Waals surface area contributed by atoms with Crippen LogP contribution in [0.25, 0.3) is 0 Å². The lowest BCUT2D eigenvalue weighted by molar-refractivity contribution is 0.00578. The molecule has 0 amide bonds. The van der Waals surface area contributed by atoms with Gasteiger partial charge in [0.25, 0.3) is 0 Å². The summed E-state index contributed by atoms with van der Waals surface area (Å²) in [6.45, 7) is 11.2. The van der Waals surface area contributed by atoms with Gasteiger partial charge < -0.3 is 24.1 Å². The van der Waals surface area contributed by atoms with Crippen molar-refractivity contribution in [3.8, 4) is 5.75 Å². The second-order valence-corrected chi connectivity index (χ2v) is 8.04. The maximum absolute atomic E-state index is 9.01. The molecule has 6 heteroatoms. The molecule has 0 unspecified atom stereocenters. The molecular weight excluding hydrogens is 317 g/mol. The van der Waals surface area contributed by atoms with E-state index in [1.54, 1.807) is 0 Å². The van der Waals surface area contributed by atoms with E-state index in [1.807, 2.05) is 24.3 Å². The van der Waals surface area contributed by atoms with Gasteiger partial charge in [-0.25, -0.2) is 0 Å². The zero-order chi connectivity index (χ0) is 18.1. The largest absolute Gasteiger partial charge is 0.494 e. The summed E-state index contributed by atoms with van der Waals surface area (Å²) < 4.78 is 18.3. The number of likely N-dealkylation sites (tertiary alicyclic amines) is 1. The maximum atomic E-state index is 9.01. The third kappa shape index (κ3) is 4.19. The van der Waals surface area contributed by atoms with Gasteiger partial charge in [-0.3, -0.25) is 0 Å². The Morgan fingerprint density at radius 2 is 1.64 bits per heavy atom. The van der Waals surface area contributed by atoms with Crippen molar-refractivity contribution in [1.82, 2.24) is 4.90 Å². The quantitative estimate of drug-likeness (QED) is 0.824. The van der Waals surface area contributed by atoms with Gasteiger partial charge >= 0.3 is 7.12 Å². The van der Waals surface area contributed by atoms with Crippen LogP contribution in [0.2, 0.25) is 0 Å². The van der Waals surface area contributed by atoms with Gasteiger partial charge in [-0.1, -0.05) is 12.1 Å². The van der Waals surface area contributed by atoms with Crippen molar-refractivity contribution < 1.29 is 19.2 Å². The molecule has 0 saturated carbocycles. The molecule has 138 valence electrons. The standard InChI is InChI=1S/C19H30BNO4/c1-18(2)19(3,4)25-20(24-18)15-5-7-16(8-6-15)23-17-9-11-21(12-10-17)13-14-22/h5-8,17,22H,9-14H2,1-4H3. The lowest BCUT2D eigenvalue weighted by Gasteiger charge is -2.32. The molecule has 2 heterocycles. The highest BCUT2D eigenvalue weighted by molar-refractivity contribution is 6.62. The second kappa shape index (κ2) is 7.27. The minimum absolute atomic E-state index is 0.228. The molecule has 2 aliphatic heterocycles. The molecule has 2 saturated heterocycles. The number of ether oxygens (including phenoxy) is 1. The number of aliphatic hydroxyl groups is 1.